The van der Waals surface area contributed by atoms with Crippen LogP contribution in [0, 0.1) is 0 Å². The Kier molecular flexibility index (Phi) is 7.89. The van der Waals surface area contributed by atoms with Crippen LogP contribution in [-0.2, 0) is 18.5 Å². The second kappa shape index (κ2) is 10.5. The number of thiol groups is 2. The van der Waals surface area contributed by atoms with E-state index in [1.165, 1.54) is 22.3 Å². The van der Waals surface area contributed by atoms with Gasteiger partial charge in [-0.3, -0.25) is 9.80 Å². The summed E-state index contributed by atoms with van der Waals surface area (Å²) in [6.45, 7) is 14.1. The van der Waals surface area contributed by atoms with Crippen LogP contribution in [0.1, 0.15) is 62.8 Å². The predicted octanol–water partition coefficient (Wildman–Crippen LogP) is 5.73. The van der Waals surface area contributed by atoms with Crippen LogP contribution in [0.2, 0.25) is 0 Å². The van der Waals surface area contributed by atoms with E-state index in [-0.39, 0.29) is 5.41 Å². The number of fused-ring (bicyclic) bond motifs is 2. The van der Waals surface area contributed by atoms with Gasteiger partial charge in [0.05, 0.1) is 0 Å². The fourth-order valence-electron chi connectivity index (χ4n) is 4.55. The number of benzene rings is 2. The van der Waals surface area contributed by atoms with Crippen LogP contribution in [0.4, 0.5) is 0 Å². The minimum Gasteiger partial charge on any atom is -0.478 e. The fourth-order valence-corrected chi connectivity index (χ4v) is 4.78. The van der Waals surface area contributed by atoms with E-state index in [1.54, 1.807) is 0 Å². The highest BCUT2D eigenvalue weighted by Crippen LogP contribution is 2.38. The molecule has 0 amide bonds. The molecular weight excluding hydrogens is 448 g/mol. The normalized spacial score (nSPS) is 18.6. The predicted molar refractivity (Wildman–Crippen MR) is 143 cm³/mol. The molecule has 33 heavy (non-hydrogen) atoms. The number of ether oxygens (including phenoxy) is 2. The van der Waals surface area contributed by atoms with Gasteiger partial charge in [-0.1, -0.05) is 39.8 Å². The Morgan fingerprint density at radius 1 is 0.788 bits per heavy atom. The zero-order valence-corrected chi connectivity index (χ0v) is 22.2. The number of hydrogen-bond acceptors (Lipinski definition) is 6. The Bertz CT molecular complexity index is 886. The van der Waals surface area contributed by atoms with Crippen molar-refractivity contribution in [2.45, 2.75) is 69.5 Å². The van der Waals surface area contributed by atoms with Gasteiger partial charge >= 0.3 is 0 Å². The average Bonchev–Trinajstić information content (AvgIpc) is 2.80. The molecule has 2 aromatic carbocycles. The first-order valence-electron chi connectivity index (χ1n) is 12.1. The van der Waals surface area contributed by atoms with Gasteiger partial charge in [-0.2, -0.15) is 25.3 Å². The minimum absolute atomic E-state index is 0.117. The Morgan fingerprint density at radius 2 is 1.21 bits per heavy atom. The molecule has 0 aromatic heterocycles. The highest BCUT2D eigenvalue weighted by molar-refractivity contribution is 7.81. The van der Waals surface area contributed by atoms with Gasteiger partial charge in [0, 0.05) is 53.2 Å². The first kappa shape index (κ1) is 24.8. The summed E-state index contributed by atoms with van der Waals surface area (Å²) in [6, 6.07) is 13.4. The second-order valence-corrected chi connectivity index (χ2v) is 12.0. The third-order valence-corrected chi connectivity index (χ3v) is 7.40. The van der Waals surface area contributed by atoms with Crippen LogP contribution in [-0.4, -0.2) is 46.9 Å². The zero-order valence-electron chi connectivity index (χ0n) is 20.4. The average molecular weight is 487 g/mol. The van der Waals surface area contributed by atoms with E-state index >= 15 is 0 Å². The van der Waals surface area contributed by atoms with Gasteiger partial charge in [0.25, 0.3) is 0 Å². The van der Waals surface area contributed by atoms with Gasteiger partial charge < -0.3 is 9.47 Å². The highest BCUT2D eigenvalue weighted by atomic mass is 32.1. The minimum atomic E-state index is -0.117. The molecule has 2 atom stereocenters. The molecule has 4 rings (SSSR count). The molecule has 0 bridgehead atoms. The van der Waals surface area contributed by atoms with Gasteiger partial charge in [-0.25, -0.2) is 0 Å². The Balaban J connectivity index is 1.52. The molecule has 4 nitrogen and oxygen atoms in total. The molecule has 2 aromatic rings. The van der Waals surface area contributed by atoms with Gasteiger partial charge in [0.15, 0.2) is 0 Å². The van der Waals surface area contributed by atoms with Crippen LogP contribution in [0.3, 0.4) is 0 Å². The first-order chi connectivity index (χ1) is 15.7. The lowest BCUT2D eigenvalue weighted by molar-refractivity contribution is 0.0942. The van der Waals surface area contributed by atoms with E-state index < -0.39 is 0 Å². The van der Waals surface area contributed by atoms with Crippen molar-refractivity contribution in [3.8, 4) is 11.5 Å². The first-order valence-corrected chi connectivity index (χ1v) is 13.1. The van der Waals surface area contributed by atoms with E-state index in [0.717, 1.165) is 50.5 Å². The summed E-state index contributed by atoms with van der Waals surface area (Å²) >= 11 is 9.05. The van der Waals surface area contributed by atoms with Crippen molar-refractivity contribution in [2.24, 2.45) is 0 Å². The quantitative estimate of drug-likeness (QED) is 0.465. The summed E-state index contributed by atoms with van der Waals surface area (Å²) in [4.78, 5) is 4.73. The molecule has 2 aliphatic heterocycles. The van der Waals surface area contributed by atoms with Crippen molar-refractivity contribution in [1.29, 1.82) is 0 Å². The maximum absolute atomic E-state index is 6.04. The second-order valence-electron chi connectivity index (χ2n) is 10.2. The van der Waals surface area contributed by atoms with Crippen LogP contribution in [0.5, 0.6) is 11.5 Å². The van der Waals surface area contributed by atoms with Gasteiger partial charge in [0.2, 0.25) is 0 Å². The van der Waals surface area contributed by atoms with E-state index in [2.05, 4.69) is 99.2 Å². The third kappa shape index (κ3) is 6.02. The summed E-state index contributed by atoms with van der Waals surface area (Å²) in [6.07, 6.45) is 2.13. The van der Waals surface area contributed by atoms with Crippen LogP contribution in [0.25, 0.3) is 0 Å². The zero-order chi connectivity index (χ0) is 23.6. The summed E-state index contributed by atoms with van der Waals surface area (Å²) < 4.78 is 12.1. The lowest BCUT2D eigenvalue weighted by Gasteiger charge is -2.33. The van der Waals surface area contributed by atoms with E-state index in [1.807, 2.05) is 0 Å². The van der Waals surface area contributed by atoms with Crippen molar-refractivity contribution in [3.63, 3.8) is 0 Å². The third-order valence-electron chi connectivity index (χ3n) is 6.88. The summed E-state index contributed by atoms with van der Waals surface area (Å²) in [5, 5.41) is 0.809. The number of nitrogens with zero attached hydrogens (tertiary/aromatic N) is 2. The molecule has 0 aliphatic carbocycles. The topological polar surface area (TPSA) is 24.9 Å². The molecule has 180 valence electrons. The van der Waals surface area contributed by atoms with Crippen LogP contribution < -0.4 is 9.47 Å². The van der Waals surface area contributed by atoms with Crippen molar-refractivity contribution < 1.29 is 9.47 Å². The van der Waals surface area contributed by atoms with Gasteiger partial charge in [0.1, 0.15) is 25.0 Å². The Morgan fingerprint density at radius 3 is 1.61 bits per heavy atom. The van der Waals surface area contributed by atoms with Gasteiger partial charge in [-0.15, -0.1) is 0 Å². The maximum Gasteiger partial charge on any atom is 0.142 e. The number of hydrogen-bond donors (Lipinski definition) is 2. The van der Waals surface area contributed by atoms with E-state index in [4.69, 9.17) is 9.47 Å². The molecule has 2 aliphatic rings. The van der Waals surface area contributed by atoms with Crippen molar-refractivity contribution >= 4 is 25.3 Å². The largest absolute Gasteiger partial charge is 0.478 e. The molecule has 0 N–H and O–H groups in total. The summed E-state index contributed by atoms with van der Waals surface area (Å²) in [7, 11) is 0. The Labute approximate surface area is 210 Å². The van der Waals surface area contributed by atoms with Crippen molar-refractivity contribution in [2.75, 3.05) is 26.6 Å². The fraction of sp³-hybridized carbons (Fsp3) is 0.556. The summed E-state index contributed by atoms with van der Waals surface area (Å²) in [5.41, 5.74) is 5.05. The molecular formula is C27H38N2O2S2. The molecule has 2 heterocycles. The SMILES string of the molecule is CC(S)CCN1COc2ccc(C(C)(C)c3ccc4c(c3)CN(CCC(C)S)CO4)cc2C1. The monoisotopic (exact) mass is 486 g/mol. The molecule has 2 unspecified atom stereocenters. The van der Waals surface area contributed by atoms with Gasteiger partial charge in [-0.05, 0) is 48.2 Å². The molecule has 0 radical (unpaired) electrons. The smallest absolute Gasteiger partial charge is 0.142 e. The highest BCUT2D eigenvalue weighted by Gasteiger charge is 2.28. The standard InChI is InChI=1S/C27H38N2O2S2/c1-19(32)9-11-28-15-21-13-23(5-7-25(21)30-17-28)27(3,4)24-6-8-26-22(14-24)16-29(18-31-26)12-10-20(2)33/h5-8,13-14,19-20,32-33H,9-12,15-18H2,1-4H3. The maximum atomic E-state index is 6.04. The summed E-state index contributed by atoms with van der Waals surface area (Å²) in [5.74, 6) is 2.02. The van der Waals surface area contributed by atoms with E-state index in [0.29, 0.717) is 24.0 Å². The van der Waals surface area contributed by atoms with Crippen molar-refractivity contribution in [3.05, 3.63) is 58.7 Å². The van der Waals surface area contributed by atoms with Crippen LogP contribution >= 0.6 is 25.3 Å². The lowest BCUT2D eigenvalue weighted by atomic mass is 9.77. The van der Waals surface area contributed by atoms with E-state index in [9.17, 15) is 0 Å². The van der Waals surface area contributed by atoms with Crippen molar-refractivity contribution in [1.82, 2.24) is 9.80 Å². The molecule has 0 fully saturated rings. The molecule has 0 saturated carbocycles. The number of rotatable bonds is 8. The Hall–Kier alpha value is -1.34. The molecule has 6 heteroatoms. The molecule has 0 spiro atoms. The van der Waals surface area contributed by atoms with Crippen LogP contribution in [0.15, 0.2) is 36.4 Å². The molecule has 0 saturated heterocycles. The lowest BCUT2D eigenvalue weighted by Crippen LogP contribution is -2.34.